The number of amides is 1. The summed E-state index contributed by atoms with van der Waals surface area (Å²) in [6.07, 6.45) is 0.771. The van der Waals surface area contributed by atoms with E-state index in [2.05, 4.69) is 5.32 Å². The van der Waals surface area contributed by atoms with E-state index in [1.54, 1.807) is 0 Å². The molecule has 0 aliphatic heterocycles. The van der Waals surface area contributed by atoms with Crippen LogP contribution in [0.3, 0.4) is 0 Å². The van der Waals surface area contributed by atoms with Crippen LogP contribution in [0, 0.1) is 0 Å². The number of carboxylic acid groups (broad SMARTS) is 1. The first-order chi connectivity index (χ1) is 9.09. The van der Waals surface area contributed by atoms with Crippen molar-refractivity contribution < 1.29 is 19.4 Å². The van der Waals surface area contributed by atoms with Gasteiger partial charge >= 0.3 is 5.97 Å². The van der Waals surface area contributed by atoms with Crippen molar-refractivity contribution in [2.75, 3.05) is 13.2 Å². The van der Waals surface area contributed by atoms with E-state index < -0.39 is 12.1 Å². The molecule has 0 radical (unpaired) electrons. The van der Waals surface area contributed by atoms with Crippen LogP contribution in [0.5, 0.6) is 0 Å². The molecule has 0 fully saturated rings. The van der Waals surface area contributed by atoms with Gasteiger partial charge in [-0.25, -0.2) is 4.79 Å². The zero-order chi connectivity index (χ0) is 14.1. The molecular formula is C14H19NO4. The summed E-state index contributed by atoms with van der Waals surface area (Å²) < 4.78 is 4.87. The minimum Gasteiger partial charge on any atom is -0.479 e. The molecule has 1 rings (SSSR count). The van der Waals surface area contributed by atoms with E-state index in [1.165, 1.54) is 12.5 Å². The van der Waals surface area contributed by atoms with Gasteiger partial charge in [0, 0.05) is 6.54 Å². The number of carbonyl (C=O) groups is 2. The van der Waals surface area contributed by atoms with Crippen molar-refractivity contribution in [2.45, 2.75) is 25.9 Å². The number of nitrogens with one attached hydrogen (secondary N) is 1. The highest BCUT2D eigenvalue weighted by molar-refractivity contribution is 5.78. The van der Waals surface area contributed by atoms with Gasteiger partial charge in [0.25, 0.3) is 0 Å². The van der Waals surface area contributed by atoms with Crippen LogP contribution in [0.4, 0.5) is 0 Å². The van der Waals surface area contributed by atoms with Gasteiger partial charge in [0.15, 0.2) is 6.10 Å². The van der Waals surface area contributed by atoms with Gasteiger partial charge in [-0.2, -0.15) is 0 Å². The number of hydrogen-bond acceptors (Lipinski definition) is 3. The predicted molar refractivity (Wildman–Crippen MR) is 70.8 cm³/mol. The second-order valence-corrected chi connectivity index (χ2v) is 4.23. The first kappa shape index (κ1) is 15.2. The molecular weight excluding hydrogens is 246 g/mol. The Kier molecular flexibility index (Phi) is 6.60. The van der Waals surface area contributed by atoms with Crippen LogP contribution in [-0.4, -0.2) is 36.2 Å². The molecule has 0 aliphatic carbocycles. The summed E-state index contributed by atoms with van der Waals surface area (Å²) in [6.45, 7) is 1.72. The molecule has 0 aromatic heterocycles. The van der Waals surface area contributed by atoms with Crippen molar-refractivity contribution in [1.29, 1.82) is 0 Å². The van der Waals surface area contributed by atoms with Crippen molar-refractivity contribution >= 4 is 11.9 Å². The van der Waals surface area contributed by atoms with Gasteiger partial charge in [-0.3, -0.25) is 4.79 Å². The molecule has 0 aliphatic rings. The average Bonchev–Trinajstić information content (AvgIpc) is 2.42. The molecule has 104 valence electrons. The molecule has 5 nitrogen and oxygen atoms in total. The Morgan fingerprint density at radius 2 is 2.00 bits per heavy atom. The van der Waals surface area contributed by atoms with E-state index in [-0.39, 0.29) is 12.5 Å². The molecule has 1 amide bonds. The molecule has 1 atom stereocenters. The van der Waals surface area contributed by atoms with E-state index in [0.29, 0.717) is 6.54 Å². The lowest BCUT2D eigenvalue weighted by Gasteiger charge is -2.09. The Morgan fingerprint density at radius 1 is 1.32 bits per heavy atom. The highest BCUT2D eigenvalue weighted by Crippen LogP contribution is 2.01. The van der Waals surface area contributed by atoms with E-state index in [1.807, 2.05) is 30.3 Å². The lowest BCUT2D eigenvalue weighted by Crippen LogP contribution is -2.32. The lowest BCUT2D eigenvalue weighted by molar-refractivity contribution is -0.150. The Morgan fingerprint density at radius 3 is 2.63 bits per heavy atom. The normalized spacial score (nSPS) is 11.8. The predicted octanol–water partition coefficient (Wildman–Crippen LogP) is 1.23. The van der Waals surface area contributed by atoms with E-state index in [4.69, 9.17) is 9.84 Å². The topological polar surface area (TPSA) is 75.6 Å². The second kappa shape index (κ2) is 8.26. The number of aryl methyl sites for hydroxylation is 1. The molecule has 0 saturated heterocycles. The summed E-state index contributed by atoms with van der Waals surface area (Å²) in [6, 6.07) is 10.0. The number of rotatable bonds is 8. The number of benzene rings is 1. The summed E-state index contributed by atoms with van der Waals surface area (Å²) in [5, 5.41) is 11.3. The largest absolute Gasteiger partial charge is 0.479 e. The number of aliphatic carboxylic acids is 1. The first-order valence-electron chi connectivity index (χ1n) is 6.24. The molecule has 0 bridgehead atoms. The molecule has 0 spiro atoms. The number of carboxylic acids is 1. The fraction of sp³-hybridized carbons (Fsp3) is 0.429. The van der Waals surface area contributed by atoms with E-state index >= 15 is 0 Å². The van der Waals surface area contributed by atoms with Gasteiger partial charge in [0.05, 0.1) is 0 Å². The molecule has 1 aromatic carbocycles. The summed E-state index contributed by atoms with van der Waals surface area (Å²) in [7, 11) is 0. The maximum Gasteiger partial charge on any atom is 0.332 e. The second-order valence-electron chi connectivity index (χ2n) is 4.23. The summed E-state index contributed by atoms with van der Waals surface area (Å²) in [5.41, 5.74) is 1.23. The average molecular weight is 265 g/mol. The fourth-order valence-corrected chi connectivity index (χ4v) is 1.49. The Labute approximate surface area is 112 Å². The van der Waals surface area contributed by atoms with E-state index in [0.717, 1.165) is 12.8 Å². The third kappa shape index (κ3) is 6.57. The van der Waals surface area contributed by atoms with E-state index in [9.17, 15) is 9.59 Å². The minimum atomic E-state index is -1.07. The molecule has 2 N–H and O–H groups in total. The van der Waals surface area contributed by atoms with Gasteiger partial charge in [-0.15, -0.1) is 0 Å². The third-order valence-electron chi connectivity index (χ3n) is 2.62. The molecule has 19 heavy (non-hydrogen) atoms. The monoisotopic (exact) mass is 265 g/mol. The highest BCUT2D eigenvalue weighted by atomic mass is 16.5. The van der Waals surface area contributed by atoms with Crippen LogP contribution in [0.1, 0.15) is 18.9 Å². The maximum atomic E-state index is 11.4. The molecule has 5 heteroatoms. The number of carbonyl (C=O) groups excluding carboxylic acids is 1. The quantitative estimate of drug-likeness (QED) is 0.693. The number of ether oxygens (including phenoxy) is 1. The van der Waals surface area contributed by atoms with Gasteiger partial charge in [-0.1, -0.05) is 30.3 Å². The third-order valence-corrected chi connectivity index (χ3v) is 2.62. The SMILES string of the molecule is C[C@H](OCC(=O)NCCCc1ccccc1)C(=O)O. The van der Waals surface area contributed by atoms with Crippen LogP contribution >= 0.6 is 0 Å². The minimum absolute atomic E-state index is 0.223. The standard InChI is InChI=1S/C14H19NO4/c1-11(14(17)18)19-10-13(16)15-9-5-8-12-6-3-2-4-7-12/h2-4,6-7,11H,5,8-10H2,1H3,(H,15,16)(H,17,18)/t11-/m0/s1. The van der Waals surface area contributed by atoms with Gasteiger partial charge < -0.3 is 15.2 Å². The summed E-state index contributed by atoms with van der Waals surface area (Å²) in [5.74, 6) is -1.36. The lowest BCUT2D eigenvalue weighted by atomic mass is 10.1. The van der Waals surface area contributed by atoms with Crippen LogP contribution in [0.25, 0.3) is 0 Å². The van der Waals surface area contributed by atoms with Crippen LogP contribution in [0.15, 0.2) is 30.3 Å². The van der Waals surface area contributed by atoms with Crippen LogP contribution in [0.2, 0.25) is 0 Å². The summed E-state index contributed by atoms with van der Waals surface area (Å²) in [4.78, 5) is 21.8. The van der Waals surface area contributed by atoms with Gasteiger partial charge in [-0.05, 0) is 25.3 Å². The van der Waals surface area contributed by atoms with Crippen molar-refractivity contribution in [3.05, 3.63) is 35.9 Å². The fourth-order valence-electron chi connectivity index (χ4n) is 1.49. The van der Waals surface area contributed by atoms with Crippen LogP contribution < -0.4 is 5.32 Å². The van der Waals surface area contributed by atoms with Crippen molar-refractivity contribution in [3.8, 4) is 0 Å². The zero-order valence-electron chi connectivity index (χ0n) is 11.0. The molecule has 0 heterocycles. The molecule has 0 saturated carbocycles. The van der Waals surface area contributed by atoms with Crippen molar-refractivity contribution in [2.24, 2.45) is 0 Å². The smallest absolute Gasteiger partial charge is 0.332 e. The maximum absolute atomic E-state index is 11.4. The zero-order valence-corrected chi connectivity index (χ0v) is 11.0. The van der Waals surface area contributed by atoms with Gasteiger partial charge in [0.1, 0.15) is 6.61 Å². The van der Waals surface area contributed by atoms with Crippen LogP contribution in [-0.2, 0) is 20.7 Å². The Balaban J connectivity index is 2.09. The Hall–Kier alpha value is -1.88. The summed E-state index contributed by atoms with van der Waals surface area (Å²) >= 11 is 0. The first-order valence-corrected chi connectivity index (χ1v) is 6.24. The Bertz CT molecular complexity index is 405. The molecule has 1 aromatic rings. The highest BCUT2D eigenvalue weighted by Gasteiger charge is 2.12. The number of hydrogen-bond donors (Lipinski definition) is 2. The van der Waals surface area contributed by atoms with Crippen molar-refractivity contribution in [1.82, 2.24) is 5.32 Å². The van der Waals surface area contributed by atoms with Crippen molar-refractivity contribution in [3.63, 3.8) is 0 Å². The van der Waals surface area contributed by atoms with Gasteiger partial charge in [0.2, 0.25) is 5.91 Å². The molecule has 0 unspecified atom stereocenters.